The molecule has 4 bridgehead atoms. The summed E-state index contributed by atoms with van der Waals surface area (Å²) in [6.45, 7) is 10.00. The maximum Gasteiger partial charge on any atom is 0.274 e. The van der Waals surface area contributed by atoms with E-state index < -0.39 is 41.8 Å². The average Bonchev–Trinajstić information content (AvgIpc) is 3.76. The van der Waals surface area contributed by atoms with Gasteiger partial charge in [-0.1, -0.05) is 44.2 Å². The lowest BCUT2D eigenvalue weighted by Crippen LogP contribution is -2.53. The van der Waals surface area contributed by atoms with E-state index in [1.54, 1.807) is 24.1 Å². The normalized spacial score (nSPS) is 21.1. The topological polar surface area (TPSA) is 176 Å². The third-order valence-electron chi connectivity index (χ3n) is 9.12. The van der Waals surface area contributed by atoms with Crippen LogP contribution in [0.15, 0.2) is 40.1 Å². The fourth-order valence-corrected chi connectivity index (χ4v) is 7.12. The number of oxazole rings is 1. The Hall–Kier alpha value is -4.63. The number of hydrogen-bond acceptors (Lipinski definition) is 10. The second kappa shape index (κ2) is 17.1. The molecule has 1 aromatic carbocycles. The van der Waals surface area contributed by atoms with Gasteiger partial charge in [0, 0.05) is 37.5 Å². The molecule has 1 fully saturated rings. The van der Waals surface area contributed by atoms with Gasteiger partial charge in [0.25, 0.3) is 11.8 Å². The first-order chi connectivity index (χ1) is 24.4. The van der Waals surface area contributed by atoms with Gasteiger partial charge in [-0.2, -0.15) is 0 Å². The molecule has 0 unspecified atom stereocenters. The van der Waals surface area contributed by atoms with E-state index >= 15 is 0 Å². The Morgan fingerprint density at radius 1 is 1.02 bits per heavy atom. The summed E-state index contributed by atoms with van der Waals surface area (Å²) in [5.74, 6) is -1.85. The molecule has 2 aliphatic heterocycles. The van der Waals surface area contributed by atoms with Gasteiger partial charge in [0.2, 0.25) is 23.6 Å². The quantitative estimate of drug-likeness (QED) is 0.331. The van der Waals surface area contributed by atoms with Crippen molar-refractivity contribution in [2.75, 3.05) is 39.4 Å². The number of ether oxygens (including phenoxy) is 1. The third-order valence-corrected chi connectivity index (χ3v) is 10.2. The number of piperidine rings is 1. The van der Waals surface area contributed by atoms with Gasteiger partial charge < -0.3 is 34.9 Å². The zero-order valence-corrected chi connectivity index (χ0v) is 30.6. The first kappa shape index (κ1) is 37.6. The number of carbonyl (C=O) groups excluding carboxylic acids is 5. The van der Waals surface area contributed by atoms with Gasteiger partial charge in [-0.15, -0.1) is 11.3 Å². The fourth-order valence-electron chi connectivity index (χ4n) is 6.32. The summed E-state index contributed by atoms with van der Waals surface area (Å²) in [4.78, 5) is 79.9. The molecule has 1 saturated heterocycles. The van der Waals surface area contributed by atoms with Gasteiger partial charge in [0.05, 0.1) is 18.6 Å². The molecule has 274 valence electrons. The summed E-state index contributed by atoms with van der Waals surface area (Å²) in [5, 5.41) is 11.1. The van der Waals surface area contributed by atoms with Crippen LogP contribution in [0, 0.1) is 18.8 Å². The van der Waals surface area contributed by atoms with Crippen LogP contribution in [0.1, 0.15) is 95.8 Å². The lowest BCUT2D eigenvalue weighted by Gasteiger charge is -2.35. The number of nitrogens with one attached hydrogen (secondary N) is 3. The van der Waals surface area contributed by atoms with Gasteiger partial charge in [-0.25, -0.2) is 9.97 Å². The second-order valence-electron chi connectivity index (χ2n) is 13.4. The van der Waals surface area contributed by atoms with Crippen LogP contribution in [-0.2, 0) is 25.5 Å². The molecule has 2 aromatic heterocycles. The molecule has 14 nitrogen and oxygen atoms in total. The minimum absolute atomic E-state index is 0.00506. The molecular formula is C36H47N7O7S. The van der Waals surface area contributed by atoms with Crippen molar-refractivity contribution in [1.29, 1.82) is 0 Å². The number of benzene rings is 1. The van der Waals surface area contributed by atoms with Gasteiger partial charge >= 0.3 is 0 Å². The highest BCUT2D eigenvalue weighted by molar-refractivity contribution is 7.09. The maximum absolute atomic E-state index is 14.3. The molecule has 0 spiro atoms. The lowest BCUT2D eigenvalue weighted by molar-refractivity contribution is -0.144. The summed E-state index contributed by atoms with van der Waals surface area (Å²) in [7, 11) is 0. The standard InChI is InChI=1S/C36H47N7O7S/c1-6-49-19-29(45)42-14-12-25(13-15-42)36(48)43-17-26(16-24-10-8-7-9-11-24)38-32(46)27-20-51-35(39-27)22(4)37-33(47)31-23(5)50-34(41-31)30(21(2)3)40-28(44)18-43/h7-11,20-22,25-26,30H,6,12-19H2,1-5H3,(H,37,47)(H,38,46)(H,40,44)/t22-,26-,30+/m1/s1. The van der Waals surface area contributed by atoms with Crippen LogP contribution in [0.5, 0.6) is 0 Å². The van der Waals surface area contributed by atoms with Crippen molar-refractivity contribution < 1.29 is 33.1 Å². The monoisotopic (exact) mass is 721 g/mol. The third kappa shape index (κ3) is 9.58. The Labute approximate surface area is 301 Å². The number of amides is 5. The number of hydrogen-bond donors (Lipinski definition) is 3. The summed E-state index contributed by atoms with van der Waals surface area (Å²) in [6.07, 6.45) is 1.25. The van der Waals surface area contributed by atoms with Crippen molar-refractivity contribution in [1.82, 2.24) is 35.7 Å². The SMILES string of the molecule is CCOCC(=O)N1CCC(C(=O)N2CC(=O)N[C@@H](C(C)C)c3nc(c(C)o3)C(=O)N[C@H](C)c3nc(cs3)C(=O)N[C@H](Cc3ccccc3)C2)CC1. The van der Waals surface area contributed by atoms with Crippen LogP contribution in [-0.4, -0.2) is 94.7 Å². The summed E-state index contributed by atoms with van der Waals surface area (Å²) in [5.41, 5.74) is 1.20. The van der Waals surface area contributed by atoms with E-state index in [4.69, 9.17) is 9.15 Å². The van der Waals surface area contributed by atoms with E-state index in [1.165, 1.54) is 16.2 Å². The van der Waals surface area contributed by atoms with Crippen LogP contribution in [0.25, 0.3) is 0 Å². The highest BCUT2D eigenvalue weighted by Crippen LogP contribution is 2.26. The molecule has 15 heteroatoms. The number of aromatic nitrogens is 2. The Morgan fingerprint density at radius 2 is 1.75 bits per heavy atom. The van der Waals surface area contributed by atoms with Crippen LogP contribution in [0.4, 0.5) is 0 Å². The molecule has 2 aliphatic rings. The Kier molecular flexibility index (Phi) is 12.6. The minimum Gasteiger partial charge on any atom is -0.443 e. The van der Waals surface area contributed by atoms with Gasteiger partial charge in [-0.05, 0) is 51.5 Å². The summed E-state index contributed by atoms with van der Waals surface area (Å²) in [6, 6.07) is 7.79. The van der Waals surface area contributed by atoms with Crippen LogP contribution in [0.2, 0.25) is 0 Å². The number of fused-ring (bicyclic) bond motifs is 4. The zero-order chi connectivity index (χ0) is 36.7. The van der Waals surface area contributed by atoms with E-state index in [2.05, 4.69) is 25.9 Å². The van der Waals surface area contributed by atoms with E-state index in [0.29, 0.717) is 49.7 Å². The van der Waals surface area contributed by atoms with Crippen molar-refractivity contribution in [2.24, 2.45) is 11.8 Å². The summed E-state index contributed by atoms with van der Waals surface area (Å²) < 4.78 is 11.2. The Balaban J connectivity index is 1.47. The Bertz CT molecular complexity index is 1700. The van der Waals surface area contributed by atoms with Crippen molar-refractivity contribution in [3.8, 4) is 0 Å². The molecule has 0 aliphatic carbocycles. The minimum atomic E-state index is -0.688. The molecule has 3 atom stereocenters. The molecule has 51 heavy (non-hydrogen) atoms. The molecule has 3 N–H and O–H groups in total. The van der Waals surface area contributed by atoms with Crippen molar-refractivity contribution in [3.05, 3.63) is 69.3 Å². The van der Waals surface area contributed by atoms with Crippen molar-refractivity contribution >= 4 is 40.9 Å². The molecular weight excluding hydrogens is 675 g/mol. The number of carbonyl (C=O) groups is 5. The molecule has 0 radical (unpaired) electrons. The maximum atomic E-state index is 14.3. The van der Waals surface area contributed by atoms with Gasteiger partial charge in [0.1, 0.15) is 29.1 Å². The van der Waals surface area contributed by atoms with E-state index in [9.17, 15) is 24.0 Å². The smallest absolute Gasteiger partial charge is 0.274 e. The van der Waals surface area contributed by atoms with Gasteiger partial charge in [-0.3, -0.25) is 24.0 Å². The zero-order valence-electron chi connectivity index (χ0n) is 29.8. The lowest BCUT2D eigenvalue weighted by atomic mass is 9.94. The predicted octanol–water partition coefficient (Wildman–Crippen LogP) is 3.20. The Morgan fingerprint density at radius 3 is 2.43 bits per heavy atom. The molecule has 3 aromatic rings. The van der Waals surface area contributed by atoms with E-state index in [0.717, 1.165) is 5.56 Å². The van der Waals surface area contributed by atoms with E-state index in [-0.39, 0.29) is 54.7 Å². The number of aryl methyl sites for hydroxylation is 1. The van der Waals surface area contributed by atoms with Crippen molar-refractivity contribution in [3.63, 3.8) is 0 Å². The highest BCUT2D eigenvalue weighted by Gasteiger charge is 2.34. The van der Waals surface area contributed by atoms with Crippen molar-refractivity contribution in [2.45, 2.75) is 72.0 Å². The number of rotatable bonds is 7. The van der Waals surface area contributed by atoms with E-state index in [1.807, 2.05) is 51.1 Å². The molecule has 5 rings (SSSR count). The van der Waals surface area contributed by atoms with Crippen LogP contribution < -0.4 is 16.0 Å². The number of likely N-dealkylation sites (tertiary alicyclic amines) is 1. The molecule has 5 amide bonds. The first-order valence-electron chi connectivity index (χ1n) is 17.5. The molecule has 0 saturated carbocycles. The van der Waals surface area contributed by atoms with Crippen LogP contribution >= 0.6 is 11.3 Å². The summed E-state index contributed by atoms with van der Waals surface area (Å²) >= 11 is 1.25. The van der Waals surface area contributed by atoms with Gasteiger partial charge in [0.15, 0.2) is 5.69 Å². The highest BCUT2D eigenvalue weighted by atomic mass is 32.1. The fraction of sp³-hybridized carbons (Fsp3) is 0.528. The average molecular weight is 722 g/mol. The second-order valence-corrected chi connectivity index (χ2v) is 14.3. The predicted molar refractivity (Wildman–Crippen MR) is 189 cm³/mol. The molecule has 4 heterocycles. The largest absolute Gasteiger partial charge is 0.443 e. The number of nitrogens with zero attached hydrogens (tertiary/aromatic N) is 4. The number of thiazole rings is 1. The first-order valence-corrected chi connectivity index (χ1v) is 18.3. The van der Waals surface area contributed by atoms with Crippen LogP contribution in [0.3, 0.4) is 0 Å².